The van der Waals surface area contributed by atoms with Crippen LogP contribution < -0.4 is 20.7 Å². The van der Waals surface area contributed by atoms with E-state index in [1.165, 1.54) is 0 Å². The fourth-order valence-corrected chi connectivity index (χ4v) is 3.82. The molecule has 158 valence electrons. The lowest BCUT2D eigenvalue weighted by Gasteiger charge is -2.41. The maximum atomic E-state index is 12.9. The van der Waals surface area contributed by atoms with Crippen LogP contribution in [-0.2, 0) is 0 Å². The van der Waals surface area contributed by atoms with Gasteiger partial charge in [0.15, 0.2) is 5.65 Å². The van der Waals surface area contributed by atoms with Crippen LogP contribution in [0.1, 0.15) is 18.9 Å². The van der Waals surface area contributed by atoms with E-state index >= 15 is 0 Å². The lowest BCUT2D eigenvalue weighted by Crippen LogP contribution is -2.56. The van der Waals surface area contributed by atoms with Gasteiger partial charge in [-0.05, 0) is 37.1 Å². The van der Waals surface area contributed by atoms with Crippen LogP contribution in [0.2, 0.25) is 0 Å². The highest BCUT2D eigenvalue weighted by molar-refractivity contribution is 5.89. The van der Waals surface area contributed by atoms with Crippen molar-refractivity contribution in [2.75, 3.05) is 42.7 Å². The number of nitrogens with two attached hydrogens (primary N) is 1. The maximum absolute atomic E-state index is 12.9. The molecule has 1 aromatic carbocycles. The third-order valence-corrected chi connectivity index (χ3v) is 5.40. The number of methoxy groups -OCH3 is 1. The molecule has 1 saturated heterocycles. The first kappa shape index (κ1) is 19.7. The summed E-state index contributed by atoms with van der Waals surface area (Å²) in [5.41, 5.74) is 8.27. The topological polar surface area (TPSA) is 114 Å². The summed E-state index contributed by atoms with van der Waals surface area (Å²) < 4.78 is 6.97. The number of amides is 2. The average Bonchev–Trinajstić information content (AvgIpc) is 3.21. The van der Waals surface area contributed by atoms with Gasteiger partial charge in [-0.1, -0.05) is 6.92 Å². The first-order valence-electron chi connectivity index (χ1n) is 9.94. The maximum Gasteiger partial charge on any atom is 0.321 e. The molecule has 30 heavy (non-hydrogen) atoms. The van der Waals surface area contributed by atoms with Crippen LogP contribution in [0.4, 0.5) is 22.4 Å². The van der Waals surface area contributed by atoms with Crippen molar-refractivity contribution in [2.45, 2.75) is 26.3 Å². The summed E-state index contributed by atoms with van der Waals surface area (Å²) in [6.07, 6.45) is 2.52. The number of aryl methyl sites for hydroxylation is 1. The molecule has 1 atom stereocenters. The number of hydrogen-bond donors (Lipinski definition) is 2. The number of carbonyl (C=O) groups excluding carboxylic acids is 1. The van der Waals surface area contributed by atoms with Crippen LogP contribution in [0.3, 0.4) is 0 Å². The number of urea groups is 1. The van der Waals surface area contributed by atoms with Crippen molar-refractivity contribution in [1.29, 1.82) is 0 Å². The molecule has 0 bridgehead atoms. The number of piperazine rings is 1. The Morgan fingerprint density at radius 2 is 2.13 bits per heavy atom. The zero-order valence-electron chi connectivity index (χ0n) is 17.4. The molecule has 3 heterocycles. The van der Waals surface area contributed by atoms with Gasteiger partial charge in [-0.25, -0.2) is 4.79 Å². The Morgan fingerprint density at radius 1 is 1.30 bits per heavy atom. The molecule has 3 N–H and O–H groups in total. The Labute approximate surface area is 174 Å². The summed E-state index contributed by atoms with van der Waals surface area (Å²) in [4.78, 5) is 25.5. The number of anilines is 3. The molecule has 10 heteroatoms. The monoisotopic (exact) mass is 410 g/mol. The number of aromatic nitrogens is 4. The number of benzene rings is 1. The lowest BCUT2D eigenvalue weighted by atomic mass is 10.1. The van der Waals surface area contributed by atoms with Gasteiger partial charge in [0.1, 0.15) is 5.75 Å². The summed E-state index contributed by atoms with van der Waals surface area (Å²) in [6, 6.07) is 7.36. The molecule has 0 saturated carbocycles. The van der Waals surface area contributed by atoms with E-state index in [9.17, 15) is 4.79 Å². The van der Waals surface area contributed by atoms with Gasteiger partial charge in [0.05, 0.1) is 13.3 Å². The Bertz CT molecular complexity index is 1070. The zero-order valence-corrected chi connectivity index (χ0v) is 17.4. The molecule has 3 aromatic rings. The van der Waals surface area contributed by atoms with E-state index in [-0.39, 0.29) is 18.0 Å². The van der Waals surface area contributed by atoms with Crippen molar-refractivity contribution >= 4 is 29.3 Å². The Balaban J connectivity index is 1.50. The van der Waals surface area contributed by atoms with E-state index in [4.69, 9.17) is 10.5 Å². The van der Waals surface area contributed by atoms with Crippen molar-refractivity contribution in [3.63, 3.8) is 0 Å². The van der Waals surface area contributed by atoms with Crippen LogP contribution in [0.5, 0.6) is 5.75 Å². The van der Waals surface area contributed by atoms with Crippen LogP contribution in [0.15, 0.2) is 30.5 Å². The van der Waals surface area contributed by atoms with Crippen LogP contribution in [0.25, 0.3) is 5.65 Å². The molecule has 1 fully saturated rings. The summed E-state index contributed by atoms with van der Waals surface area (Å²) in [5.74, 6) is 1.66. The number of hydrogen-bond acceptors (Lipinski definition) is 7. The van der Waals surface area contributed by atoms with Crippen molar-refractivity contribution in [2.24, 2.45) is 0 Å². The minimum atomic E-state index is -0.121. The highest BCUT2D eigenvalue weighted by Crippen LogP contribution is 2.24. The number of nitrogens with zero attached hydrogens (tertiary/aromatic N) is 6. The molecule has 4 rings (SSSR count). The predicted octanol–water partition coefficient (Wildman–Crippen LogP) is 2.16. The van der Waals surface area contributed by atoms with Crippen LogP contribution >= 0.6 is 0 Å². The number of fused-ring (bicyclic) bond motifs is 1. The van der Waals surface area contributed by atoms with Gasteiger partial charge in [0.25, 0.3) is 0 Å². The summed E-state index contributed by atoms with van der Waals surface area (Å²) in [7, 11) is 1.63. The molecule has 10 nitrogen and oxygen atoms in total. The lowest BCUT2D eigenvalue weighted by molar-refractivity contribution is 0.196. The van der Waals surface area contributed by atoms with E-state index in [0.717, 1.165) is 23.4 Å². The first-order chi connectivity index (χ1) is 14.5. The second kappa shape index (κ2) is 8.05. The molecular formula is C20H26N8O2. The van der Waals surface area contributed by atoms with Crippen molar-refractivity contribution in [3.8, 4) is 5.75 Å². The van der Waals surface area contributed by atoms with Crippen LogP contribution in [0, 0.1) is 6.92 Å². The minimum absolute atomic E-state index is 0.0869. The van der Waals surface area contributed by atoms with Gasteiger partial charge in [0.2, 0.25) is 11.9 Å². The SMILES string of the molecule is CC[C@H]1CN(C(=O)Nc2ccc(OC)c(C)c2)CCN1c1nc(N)nc2ccnn12. The predicted molar refractivity (Wildman–Crippen MR) is 115 cm³/mol. The summed E-state index contributed by atoms with van der Waals surface area (Å²) >= 11 is 0. The minimum Gasteiger partial charge on any atom is -0.496 e. The molecule has 0 spiro atoms. The summed E-state index contributed by atoms with van der Waals surface area (Å²) in [6.45, 7) is 5.80. The highest BCUT2D eigenvalue weighted by atomic mass is 16.5. The highest BCUT2D eigenvalue weighted by Gasteiger charge is 2.31. The second-order valence-electron chi connectivity index (χ2n) is 7.30. The third kappa shape index (κ3) is 3.68. The quantitative estimate of drug-likeness (QED) is 0.677. The normalized spacial score (nSPS) is 16.7. The van der Waals surface area contributed by atoms with Gasteiger partial charge in [-0.3, -0.25) is 0 Å². The fraction of sp³-hybridized carbons (Fsp3) is 0.400. The first-order valence-corrected chi connectivity index (χ1v) is 9.94. The number of nitrogen functional groups attached to an aromatic ring is 1. The molecule has 1 aliphatic heterocycles. The van der Waals surface area contributed by atoms with E-state index < -0.39 is 0 Å². The molecule has 0 aliphatic carbocycles. The van der Waals surface area contributed by atoms with Crippen molar-refractivity contribution in [3.05, 3.63) is 36.0 Å². The number of rotatable bonds is 4. The number of nitrogens with one attached hydrogen (secondary N) is 1. The molecule has 2 aromatic heterocycles. The molecule has 0 unspecified atom stereocenters. The van der Waals surface area contributed by atoms with Gasteiger partial charge in [0, 0.05) is 37.4 Å². The van der Waals surface area contributed by atoms with Gasteiger partial charge >= 0.3 is 6.03 Å². The molecule has 1 aliphatic rings. The van der Waals surface area contributed by atoms with E-state index in [0.29, 0.717) is 31.2 Å². The van der Waals surface area contributed by atoms with E-state index in [1.807, 2.05) is 30.0 Å². The Morgan fingerprint density at radius 3 is 2.87 bits per heavy atom. The van der Waals surface area contributed by atoms with Crippen molar-refractivity contribution < 1.29 is 9.53 Å². The van der Waals surface area contributed by atoms with E-state index in [2.05, 4.69) is 32.2 Å². The van der Waals surface area contributed by atoms with Crippen LogP contribution in [-0.4, -0.2) is 63.3 Å². The summed E-state index contributed by atoms with van der Waals surface area (Å²) in [5, 5.41) is 7.31. The fourth-order valence-electron chi connectivity index (χ4n) is 3.82. The standard InChI is InChI=1S/C20H26N8O2/c1-4-15-12-26(20(29)23-14-5-6-16(30-3)13(2)11-14)9-10-27(15)19-25-18(21)24-17-7-8-22-28(17)19/h5-8,11,15H,4,9-10,12H2,1-3H3,(H2,21,24)(H,23,29)/t15-/m0/s1. The Hall–Kier alpha value is -3.56. The number of carbonyl (C=O) groups is 1. The largest absolute Gasteiger partial charge is 0.496 e. The van der Waals surface area contributed by atoms with Gasteiger partial charge in [-0.2, -0.15) is 19.6 Å². The molecule has 0 radical (unpaired) electrons. The molecule has 2 amide bonds. The third-order valence-electron chi connectivity index (χ3n) is 5.40. The van der Waals surface area contributed by atoms with Crippen molar-refractivity contribution in [1.82, 2.24) is 24.5 Å². The average molecular weight is 410 g/mol. The number of ether oxygens (including phenoxy) is 1. The van der Waals surface area contributed by atoms with E-state index in [1.54, 1.807) is 23.9 Å². The second-order valence-corrected chi connectivity index (χ2v) is 7.30. The zero-order chi connectivity index (χ0) is 21.3. The van der Waals surface area contributed by atoms with Gasteiger partial charge in [-0.15, -0.1) is 0 Å². The van der Waals surface area contributed by atoms with Gasteiger partial charge < -0.3 is 25.6 Å². The smallest absolute Gasteiger partial charge is 0.321 e. The molecular weight excluding hydrogens is 384 g/mol. The Kier molecular flexibility index (Phi) is 5.30.